The van der Waals surface area contributed by atoms with Crippen LogP contribution in [0, 0.1) is 0 Å². The first-order valence-electron chi connectivity index (χ1n) is 2.15. The topological polar surface area (TPSA) is 3.24 Å². The first-order valence-corrected chi connectivity index (χ1v) is 6.16. The quantitative estimate of drug-likeness (QED) is 0.608. The molecular weight excluding hydrogens is 209 g/mol. The summed E-state index contributed by atoms with van der Waals surface area (Å²) in [6, 6.07) is 0. The van der Waals surface area contributed by atoms with Crippen LogP contribution in [0.25, 0.3) is 0 Å². The van der Waals surface area contributed by atoms with E-state index in [1.165, 1.54) is 0 Å². The molecule has 1 aliphatic heterocycles. The van der Waals surface area contributed by atoms with Crippen molar-refractivity contribution in [3.63, 3.8) is 0 Å². The summed E-state index contributed by atoms with van der Waals surface area (Å²) < 4.78 is 4.60. The molecule has 0 aromatic rings. The van der Waals surface area contributed by atoms with Crippen molar-refractivity contribution in [2.45, 2.75) is 0 Å². The Labute approximate surface area is 60.0 Å². The third-order valence-electron chi connectivity index (χ3n) is 0.829. The van der Waals surface area contributed by atoms with Crippen LogP contribution in [0.5, 0.6) is 0 Å². The van der Waals surface area contributed by atoms with Crippen molar-refractivity contribution in [3.05, 3.63) is 12.3 Å². The minimum atomic E-state index is -0.410. The zero-order chi connectivity index (χ0) is 5.11. The summed E-state index contributed by atoms with van der Waals surface area (Å²) in [7, 11) is 0. The van der Waals surface area contributed by atoms with Gasteiger partial charge in [-0.1, -0.05) is 0 Å². The number of nitrogens with zero attached hydrogens (tertiary/aromatic N) is 1. The van der Waals surface area contributed by atoms with Crippen LogP contribution in [0.4, 0.5) is 0 Å². The van der Waals surface area contributed by atoms with Crippen molar-refractivity contribution < 1.29 is 0 Å². The molecule has 36 valence electrons. The average molecular weight is 215 g/mol. The minimum absolute atomic E-state index is 0.410. The van der Waals surface area contributed by atoms with Gasteiger partial charge in [-0.3, -0.25) is 0 Å². The molecule has 0 unspecified atom stereocenters. The SMILES string of the molecule is SC[N]1C=C[CH]=[In]1. The van der Waals surface area contributed by atoms with Crippen LogP contribution in [-0.4, -0.2) is 35.2 Å². The first-order chi connectivity index (χ1) is 3.43. The summed E-state index contributed by atoms with van der Waals surface area (Å²) in [6.07, 6.45) is 4.24. The molecule has 0 radical (unpaired) electrons. The summed E-state index contributed by atoms with van der Waals surface area (Å²) in [5.74, 6) is 0.911. The molecule has 1 nitrogen and oxygen atoms in total. The van der Waals surface area contributed by atoms with Gasteiger partial charge in [0, 0.05) is 0 Å². The maximum atomic E-state index is 4.12. The molecule has 1 heterocycles. The molecule has 0 bridgehead atoms. The zero-order valence-corrected chi connectivity index (χ0v) is 8.10. The van der Waals surface area contributed by atoms with E-state index in [2.05, 4.69) is 31.6 Å². The molecule has 1 aliphatic rings. The van der Waals surface area contributed by atoms with Crippen LogP contribution in [0.2, 0.25) is 0 Å². The van der Waals surface area contributed by atoms with Gasteiger partial charge in [0.05, 0.1) is 0 Å². The van der Waals surface area contributed by atoms with Crippen LogP contribution in [0.1, 0.15) is 0 Å². The standard InChI is InChI=1S/C4H6NS.In/c1-2-3-5-4-6;/h1-3,6H,4H2;/q-1;+1. The fraction of sp³-hybridized carbons (Fsp3) is 0.250. The molecule has 0 fully saturated rings. The number of rotatable bonds is 1. The van der Waals surface area contributed by atoms with Gasteiger partial charge in [0.25, 0.3) is 0 Å². The second-order valence-electron chi connectivity index (χ2n) is 1.34. The molecule has 0 atom stereocenters. The average Bonchev–Trinajstić information content (AvgIpc) is 2.14. The van der Waals surface area contributed by atoms with E-state index < -0.39 is 22.7 Å². The molecule has 7 heavy (non-hydrogen) atoms. The Kier molecular flexibility index (Phi) is 2.32. The van der Waals surface area contributed by atoms with Crippen LogP contribution >= 0.6 is 12.6 Å². The van der Waals surface area contributed by atoms with Gasteiger partial charge in [-0.15, -0.1) is 0 Å². The Bertz CT molecular complexity index is 98.3. The van der Waals surface area contributed by atoms with Gasteiger partial charge in [-0.05, 0) is 0 Å². The fourth-order valence-corrected chi connectivity index (χ4v) is 3.23. The van der Waals surface area contributed by atoms with Crippen LogP contribution in [-0.2, 0) is 0 Å². The number of hydrogen-bond donors (Lipinski definition) is 1. The van der Waals surface area contributed by atoms with E-state index in [1.54, 1.807) is 0 Å². The number of allylic oxidation sites excluding steroid dienone is 1. The summed E-state index contributed by atoms with van der Waals surface area (Å²) in [4.78, 5) is 0. The second-order valence-corrected chi connectivity index (χ2v) is 5.46. The van der Waals surface area contributed by atoms with Gasteiger partial charge in [0.15, 0.2) is 0 Å². The number of hydrogen-bond acceptors (Lipinski definition) is 2. The van der Waals surface area contributed by atoms with E-state index in [1.807, 2.05) is 0 Å². The van der Waals surface area contributed by atoms with Crippen LogP contribution in [0.3, 0.4) is 0 Å². The summed E-state index contributed by atoms with van der Waals surface area (Å²) in [5, 5.41) is 0. The molecular formula is C4H6InNS. The Balaban J connectivity index is 2.44. The molecule has 0 spiro atoms. The van der Waals surface area contributed by atoms with Crippen LogP contribution in [0.15, 0.2) is 12.3 Å². The van der Waals surface area contributed by atoms with Gasteiger partial charge in [0.2, 0.25) is 0 Å². The fourth-order valence-electron chi connectivity index (χ4n) is 0.464. The summed E-state index contributed by atoms with van der Waals surface area (Å²) in [6.45, 7) is 0. The van der Waals surface area contributed by atoms with Gasteiger partial charge in [0.1, 0.15) is 0 Å². The van der Waals surface area contributed by atoms with Gasteiger partial charge in [-0.25, -0.2) is 0 Å². The molecule has 0 amide bonds. The second kappa shape index (κ2) is 2.82. The third-order valence-corrected chi connectivity index (χ3v) is 5.26. The van der Waals surface area contributed by atoms with E-state index in [0.717, 1.165) is 5.88 Å². The van der Waals surface area contributed by atoms with Crippen molar-refractivity contribution in [3.8, 4) is 0 Å². The molecule has 0 aromatic heterocycles. The van der Waals surface area contributed by atoms with E-state index in [0.29, 0.717) is 0 Å². The van der Waals surface area contributed by atoms with Crippen molar-refractivity contribution in [1.29, 1.82) is 0 Å². The third kappa shape index (κ3) is 1.53. The van der Waals surface area contributed by atoms with Crippen molar-refractivity contribution in [1.82, 2.24) is 2.89 Å². The molecule has 0 N–H and O–H groups in total. The van der Waals surface area contributed by atoms with E-state index in [4.69, 9.17) is 0 Å². The van der Waals surface area contributed by atoms with Gasteiger partial charge < -0.3 is 0 Å². The van der Waals surface area contributed by atoms with Crippen molar-refractivity contribution in [2.75, 3.05) is 5.88 Å². The van der Waals surface area contributed by atoms with Crippen molar-refractivity contribution >= 4 is 39.1 Å². The molecule has 1 rings (SSSR count). The van der Waals surface area contributed by atoms with Gasteiger partial charge >= 0.3 is 60.1 Å². The molecule has 0 aliphatic carbocycles. The zero-order valence-electron chi connectivity index (χ0n) is 3.91. The normalized spacial score (nSPS) is 15.3. The van der Waals surface area contributed by atoms with Gasteiger partial charge in [-0.2, -0.15) is 0 Å². The monoisotopic (exact) mass is 215 g/mol. The van der Waals surface area contributed by atoms with E-state index >= 15 is 0 Å². The van der Waals surface area contributed by atoms with E-state index in [9.17, 15) is 0 Å². The van der Waals surface area contributed by atoms with Crippen LogP contribution < -0.4 is 0 Å². The predicted octanol–water partition coefficient (Wildman–Crippen LogP) is 0.124. The Morgan fingerprint density at radius 3 is 2.86 bits per heavy atom. The molecule has 0 saturated carbocycles. The van der Waals surface area contributed by atoms with Crippen molar-refractivity contribution in [2.24, 2.45) is 0 Å². The Hall–Kier alpha value is 0.630. The number of thiol groups is 1. The first kappa shape index (κ1) is 5.76. The summed E-state index contributed by atoms with van der Waals surface area (Å²) >= 11 is 3.71. The Morgan fingerprint density at radius 1 is 1.71 bits per heavy atom. The Morgan fingerprint density at radius 2 is 2.57 bits per heavy atom. The summed E-state index contributed by atoms with van der Waals surface area (Å²) in [5.41, 5.74) is 0. The van der Waals surface area contributed by atoms with E-state index in [-0.39, 0.29) is 0 Å². The maximum absolute atomic E-state index is 4.12. The molecule has 0 aromatic carbocycles. The predicted molar refractivity (Wildman–Crippen MR) is 36.7 cm³/mol. The molecule has 0 saturated heterocycles. The molecule has 3 heteroatoms.